The summed E-state index contributed by atoms with van der Waals surface area (Å²) in [6.07, 6.45) is 0. The Morgan fingerprint density at radius 2 is 1.78 bits per heavy atom. The lowest BCUT2D eigenvalue weighted by molar-refractivity contribution is 0.301. The summed E-state index contributed by atoms with van der Waals surface area (Å²) in [6.45, 7) is 17.2. The van der Waals surface area contributed by atoms with Gasteiger partial charge in [0.15, 0.2) is 0 Å². The Balaban J connectivity index is 2.24. The van der Waals surface area contributed by atoms with Gasteiger partial charge in [0.25, 0.3) is 0 Å². The molecule has 0 bridgehead atoms. The van der Waals surface area contributed by atoms with Gasteiger partial charge >= 0.3 is 0 Å². The molecule has 1 aromatic heterocycles. The lowest BCUT2D eigenvalue weighted by Crippen LogP contribution is -2.33. The van der Waals surface area contributed by atoms with Gasteiger partial charge in [-0.3, -0.25) is 4.68 Å². The second-order valence-electron chi connectivity index (χ2n) is 4.80. The standard InChI is InChI=1S/C14H28N4/c1-6-17(7-2)10-8-15-9-11-18-14(5)12(3)13(4)16-18/h15H,6-11H2,1-5H3. The average molecular weight is 252 g/mol. The minimum absolute atomic E-state index is 0.957. The van der Waals surface area contributed by atoms with E-state index in [4.69, 9.17) is 0 Å². The molecule has 1 heterocycles. The first-order valence-electron chi connectivity index (χ1n) is 7.03. The van der Waals surface area contributed by atoms with Crippen LogP contribution < -0.4 is 5.32 Å². The Kier molecular flexibility index (Phi) is 6.36. The molecule has 4 nitrogen and oxygen atoms in total. The van der Waals surface area contributed by atoms with Gasteiger partial charge in [-0.05, 0) is 39.4 Å². The van der Waals surface area contributed by atoms with Crippen LogP contribution in [-0.4, -0.2) is 47.4 Å². The molecule has 0 saturated carbocycles. The Bertz CT molecular complexity index is 353. The van der Waals surface area contributed by atoms with Gasteiger partial charge in [0.2, 0.25) is 0 Å². The van der Waals surface area contributed by atoms with Gasteiger partial charge in [0.05, 0.1) is 12.2 Å². The number of aromatic nitrogens is 2. The molecular weight excluding hydrogens is 224 g/mol. The second kappa shape index (κ2) is 7.54. The van der Waals surface area contributed by atoms with E-state index in [0.717, 1.165) is 45.0 Å². The quantitative estimate of drug-likeness (QED) is 0.715. The van der Waals surface area contributed by atoms with Crippen LogP contribution in [0.2, 0.25) is 0 Å². The van der Waals surface area contributed by atoms with Crippen LogP contribution in [0, 0.1) is 20.8 Å². The van der Waals surface area contributed by atoms with Crippen LogP contribution in [0.4, 0.5) is 0 Å². The molecule has 1 aromatic rings. The van der Waals surface area contributed by atoms with Crippen molar-refractivity contribution in [3.05, 3.63) is 17.0 Å². The number of likely N-dealkylation sites (N-methyl/N-ethyl adjacent to an activating group) is 1. The molecular formula is C14H28N4. The third-order valence-corrected chi connectivity index (χ3v) is 3.74. The summed E-state index contributed by atoms with van der Waals surface area (Å²) in [4.78, 5) is 2.43. The maximum absolute atomic E-state index is 4.54. The highest BCUT2D eigenvalue weighted by Gasteiger charge is 2.06. The minimum atomic E-state index is 0.957. The van der Waals surface area contributed by atoms with Crippen LogP contribution in [0.25, 0.3) is 0 Å². The Morgan fingerprint density at radius 1 is 1.11 bits per heavy atom. The zero-order valence-electron chi connectivity index (χ0n) is 12.6. The molecule has 1 rings (SSSR count). The third-order valence-electron chi connectivity index (χ3n) is 3.74. The van der Waals surface area contributed by atoms with Crippen molar-refractivity contribution in [2.75, 3.05) is 32.7 Å². The largest absolute Gasteiger partial charge is 0.314 e. The molecule has 0 aliphatic carbocycles. The molecule has 0 aromatic carbocycles. The van der Waals surface area contributed by atoms with Crippen LogP contribution in [-0.2, 0) is 6.54 Å². The molecule has 104 valence electrons. The van der Waals surface area contributed by atoms with Gasteiger partial charge in [-0.25, -0.2) is 0 Å². The lowest BCUT2D eigenvalue weighted by atomic mass is 10.2. The molecule has 1 N–H and O–H groups in total. The number of hydrogen-bond donors (Lipinski definition) is 1. The summed E-state index contributed by atoms with van der Waals surface area (Å²) in [5.41, 5.74) is 3.76. The fraction of sp³-hybridized carbons (Fsp3) is 0.786. The first-order chi connectivity index (χ1) is 8.60. The number of hydrogen-bond acceptors (Lipinski definition) is 3. The third kappa shape index (κ3) is 4.10. The number of rotatable bonds is 8. The molecule has 0 fully saturated rings. The summed E-state index contributed by atoms with van der Waals surface area (Å²) >= 11 is 0. The number of aryl methyl sites for hydroxylation is 1. The van der Waals surface area contributed by atoms with Gasteiger partial charge < -0.3 is 10.2 Å². The molecule has 0 radical (unpaired) electrons. The van der Waals surface area contributed by atoms with Crippen LogP contribution in [0.5, 0.6) is 0 Å². The monoisotopic (exact) mass is 252 g/mol. The molecule has 0 saturated heterocycles. The zero-order chi connectivity index (χ0) is 13.5. The van der Waals surface area contributed by atoms with Crippen molar-refractivity contribution in [1.82, 2.24) is 20.0 Å². The first kappa shape index (κ1) is 15.2. The highest BCUT2D eigenvalue weighted by Crippen LogP contribution is 2.10. The highest BCUT2D eigenvalue weighted by molar-refractivity contribution is 5.22. The van der Waals surface area contributed by atoms with E-state index >= 15 is 0 Å². The van der Waals surface area contributed by atoms with Crippen molar-refractivity contribution in [2.24, 2.45) is 0 Å². The van der Waals surface area contributed by atoms with Gasteiger partial charge in [-0.2, -0.15) is 5.10 Å². The maximum Gasteiger partial charge on any atom is 0.0625 e. The number of nitrogens with zero attached hydrogens (tertiary/aromatic N) is 3. The molecule has 4 heteroatoms. The van der Waals surface area contributed by atoms with Crippen LogP contribution in [0.3, 0.4) is 0 Å². The normalized spacial score (nSPS) is 11.4. The van der Waals surface area contributed by atoms with E-state index in [1.165, 1.54) is 11.3 Å². The summed E-state index contributed by atoms with van der Waals surface area (Å²) in [6, 6.07) is 0. The highest BCUT2D eigenvalue weighted by atomic mass is 15.3. The number of nitrogens with one attached hydrogen (secondary N) is 1. The van der Waals surface area contributed by atoms with E-state index in [2.05, 4.69) is 54.6 Å². The average Bonchev–Trinajstić information content (AvgIpc) is 2.61. The van der Waals surface area contributed by atoms with Crippen molar-refractivity contribution in [3.8, 4) is 0 Å². The topological polar surface area (TPSA) is 33.1 Å². The van der Waals surface area contributed by atoms with E-state index < -0.39 is 0 Å². The molecule has 0 unspecified atom stereocenters. The van der Waals surface area contributed by atoms with Crippen LogP contribution in [0.1, 0.15) is 30.8 Å². The van der Waals surface area contributed by atoms with Crippen LogP contribution in [0.15, 0.2) is 0 Å². The van der Waals surface area contributed by atoms with Crippen molar-refractivity contribution in [2.45, 2.75) is 41.2 Å². The van der Waals surface area contributed by atoms with Crippen molar-refractivity contribution in [1.29, 1.82) is 0 Å². The summed E-state index contributed by atoms with van der Waals surface area (Å²) in [5.74, 6) is 0. The van der Waals surface area contributed by atoms with E-state index in [1.807, 2.05) is 0 Å². The zero-order valence-corrected chi connectivity index (χ0v) is 12.6. The predicted molar refractivity (Wildman–Crippen MR) is 77.1 cm³/mol. The molecule has 0 spiro atoms. The Morgan fingerprint density at radius 3 is 2.28 bits per heavy atom. The fourth-order valence-electron chi connectivity index (χ4n) is 2.09. The van der Waals surface area contributed by atoms with Gasteiger partial charge in [0, 0.05) is 25.3 Å². The predicted octanol–water partition coefficient (Wildman–Crippen LogP) is 1.74. The van der Waals surface area contributed by atoms with Crippen molar-refractivity contribution >= 4 is 0 Å². The van der Waals surface area contributed by atoms with Crippen molar-refractivity contribution in [3.63, 3.8) is 0 Å². The molecule has 0 aliphatic heterocycles. The van der Waals surface area contributed by atoms with Gasteiger partial charge in [-0.1, -0.05) is 13.8 Å². The lowest BCUT2D eigenvalue weighted by Gasteiger charge is -2.18. The summed E-state index contributed by atoms with van der Waals surface area (Å²) in [7, 11) is 0. The molecule has 0 atom stereocenters. The first-order valence-corrected chi connectivity index (χ1v) is 7.03. The van der Waals surface area contributed by atoms with Gasteiger partial charge in [0.1, 0.15) is 0 Å². The maximum atomic E-state index is 4.54. The van der Waals surface area contributed by atoms with E-state index in [9.17, 15) is 0 Å². The Labute approximate surface area is 111 Å². The van der Waals surface area contributed by atoms with E-state index in [0.29, 0.717) is 0 Å². The summed E-state index contributed by atoms with van der Waals surface area (Å²) < 4.78 is 2.11. The SMILES string of the molecule is CCN(CC)CCNCCn1nc(C)c(C)c1C. The fourth-order valence-corrected chi connectivity index (χ4v) is 2.09. The van der Waals surface area contributed by atoms with Gasteiger partial charge in [-0.15, -0.1) is 0 Å². The van der Waals surface area contributed by atoms with E-state index in [1.54, 1.807) is 0 Å². The van der Waals surface area contributed by atoms with Crippen LogP contribution >= 0.6 is 0 Å². The molecule has 18 heavy (non-hydrogen) atoms. The smallest absolute Gasteiger partial charge is 0.0625 e. The second-order valence-corrected chi connectivity index (χ2v) is 4.80. The summed E-state index contributed by atoms with van der Waals surface area (Å²) in [5, 5.41) is 8.03. The Hall–Kier alpha value is -0.870. The van der Waals surface area contributed by atoms with E-state index in [-0.39, 0.29) is 0 Å². The molecule has 0 aliphatic rings. The molecule has 0 amide bonds. The van der Waals surface area contributed by atoms with Crippen molar-refractivity contribution < 1.29 is 0 Å². The minimum Gasteiger partial charge on any atom is -0.314 e.